The number of carboxylic acid groups (broad SMARTS) is 1. The number of nitrogens with one attached hydrogen (secondary N) is 8. The van der Waals surface area contributed by atoms with Crippen LogP contribution in [0.2, 0.25) is 5.02 Å². The van der Waals surface area contributed by atoms with Gasteiger partial charge in [-0.25, -0.2) is 4.79 Å². The first-order valence-electron chi connectivity index (χ1n) is 41.9. The van der Waals surface area contributed by atoms with Crippen LogP contribution in [0.4, 0.5) is 5.69 Å². The molecule has 10 unspecified atom stereocenters. The maximum atomic E-state index is 16.8. The molecule has 37 nitrogen and oxygen atoms in total. The third-order valence-electron chi connectivity index (χ3n) is 23.3. The number of phenolic OH excluding ortho intramolecular Hbond substituents is 3. The number of amides is 7. The van der Waals surface area contributed by atoms with Crippen molar-refractivity contribution in [3.8, 4) is 57.1 Å². The van der Waals surface area contributed by atoms with Crippen molar-refractivity contribution in [2.75, 3.05) is 25.5 Å². The first kappa shape index (κ1) is 94.9. The molecule has 38 heteroatoms. The maximum absolute atomic E-state index is 16.8. The third kappa shape index (κ3) is 22.0. The molecule has 678 valence electrons. The summed E-state index contributed by atoms with van der Waals surface area (Å²) < 4.78 is 52.2. The number of likely N-dealkylation sites (N-methyl/N-ethyl adjacent to an activating group) is 1. The van der Waals surface area contributed by atoms with E-state index in [2.05, 4.69) is 49.5 Å². The number of aromatic hydroxyl groups is 3. The molecule has 0 aromatic heterocycles. The maximum Gasteiger partial charge on any atom is 0.330 e. The van der Waals surface area contributed by atoms with Gasteiger partial charge < -0.3 is 149 Å². The predicted octanol–water partition coefficient (Wildman–Crippen LogP) is 4.41. The smallest absolute Gasteiger partial charge is 0.330 e. The minimum absolute atomic E-state index is 0.0444. The molecule has 7 amide bonds. The van der Waals surface area contributed by atoms with Crippen LogP contribution in [0.25, 0.3) is 11.1 Å². The van der Waals surface area contributed by atoms with Crippen LogP contribution in [0.1, 0.15) is 203 Å². The Morgan fingerprint density at radius 1 is 0.645 bits per heavy atom. The average molecular weight is 1760 g/mol. The Morgan fingerprint density at radius 3 is 1.83 bits per heavy atom. The van der Waals surface area contributed by atoms with E-state index in [1.165, 1.54) is 96.1 Å². The number of benzene rings is 5. The lowest BCUT2D eigenvalue weighted by atomic mass is 9.86. The highest BCUT2D eigenvalue weighted by Gasteiger charge is 2.53. The molecule has 8 aliphatic heterocycles. The molecule has 3 fully saturated rings. The van der Waals surface area contributed by atoms with Crippen molar-refractivity contribution in [3.05, 3.63) is 112 Å². The Hall–Kier alpha value is -9.81. The van der Waals surface area contributed by atoms with Gasteiger partial charge in [-0.15, -0.1) is 0 Å². The third-order valence-corrected chi connectivity index (χ3v) is 23.6. The number of rotatable bonds is 28. The molecule has 0 radical (unpaired) electrons. The molecule has 0 aliphatic carbocycles. The Balaban J connectivity index is 1.16. The number of carbonyl (C=O) groups excluding carboxylic acids is 7. The molecule has 8 heterocycles. The molecule has 5 aromatic rings. The summed E-state index contributed by atoms with van der Waals surface area (Å²) in [6.07, 6.45) is -11.7. The average Bonchev–Trinajstić information content (AvgIpc) is 1.22. The zero-order valence-corrected chi connectivity index (χ0v) is 71.0. The van der Waals surface area contributed by atoms with Gasteiger partial charge in [0, 0.05) is 47.2 Å². The van der Waals surface area contributed by atoms with E-state index in [0.717, 1.165) is 75.3 Å². The van der Waals surface area contributed by atoms with Gasteiger partial charge in [0.25, 0.3) is 0 Å². The summed E-state index contributed by atoms with van der Waals surface area (Å²) in [6, 6.07) is 0.768. The molecule has 22 atom stereocenters. The highest BCUT2D eigenvalue weighted by molar-refractivity contribution is 6.32. The molecule has 0 spiro atoms. The number of hydrogen-bond acceptors (Lipinski definition) is 29. The van der Waals surface area contributed by atoms with E-state index in [9.17, 15) is 65.4 Å². The van der Waals surface area contributed by atoms with Crippen LogP contribution >= 0.6 is 11.6 Å². The minimum atomic E-state index is -2.41. The van der Waals surface area contributed by atoms with Gasteiger partial charge in [-0.05, 0) is 124 Å². The van der Waals surface area contributed by atoms with Crippen molar-refractivity contribution in [1.29, 1.82) is 0 Å². The molecule has 9 bridgehead atoms. The van der Waals surface area contributed by atoms with E-state index in [0.29, 0.717) is 12.8 Å². The number of hydrogen-bond donors (Lipinski definition) is 21. The summed E-state index contributed by atoms with van der Waals surface area (Å²) >= 11 is 7.21. The van der Waals surface area contributed by atoms with Gasteiger partial charge in [-0.2, -0.15) is 0 Å². The van der Waals surface area contributed by atoms with Crippen LogP contribution in [0.3, 0.4) is 0 Å². The van der Waals surface area contributed by atoms with Crippen molar-refractivity contribution in [2.24, 2.45) is 23.1 Å². The Labute approximate surface area is 721 Å². The van der Waals surface area contributed by atoms with Crippen LogP contribution < -0.4 is 73.9 Å². The molecular weight excluding hydrogens is 1640 g/mol. The number of carboxylic acids is 1. The van der Waals surface area contributed by atoms with Gasteiger partial charge in [0.2, 0.25) is 53.4 Å². The lowest BCUT2D eigenvalue weighted by molar-refractivity contribution is -0.333. The van der Waals surface area contributed by atoms with Crippen LogP contribution in [0.15, 0.2) is 78.9 Å². The van der Waals surface area contributed by atoms with E-state index in [1.54, 1.807) is 0 Å². The normalized spacial score (nSPS) is 29.9. The molecule has 13 rings (SSSR count). The highest BCUT2D eigenvalue weighted by Crippen LogP contribution is 2.53. The Kier molecular flexibility index (Phi) is 31.4. The second-order valence-corrected chi connectivity index (χ2v) is 34.1. The number of aliphatic carboxylic acids is 1. The second-order valence-electron chi connectivity index (χ2n) is 33.7. The summed E-state index contributed by atoms with van der Waals surface area (Å²) in [6.45, 7) is 11.0. The van der Waals surface area contributed by atoms with Gasteiger partial charge >= 0.3 is 5.97 Å². The zero-order valence-electron chi connectivity index (χ0n) is 70.3. The number of aliphatic hydroxyl groups excluding tert-OH is 6. The molecule has 124 heavy (non-hydrogen) atoms. The fourth-order valence-corrected chi connectivity index (χ4v) is 16.7. The number of phenols is 3. The molecule has 0 saturated carbocycles. The van der Waals surface area contributed by atoms with Gasteiger partial charge in [0.05, 0.1) is 48.5 Å². The van der Waals surface area contributed by atoms with Crippen LogP contribution in [-0.2, 0) is 62.0 Å². The SMILES string of the molecule is CCCCCCCCCCCCCNc1c(O)cc2c(c1O)-c1c(O)cccc1C1NC(=O)C3NC(=O)C(CC(N)=O)NC(=O)C(NC(=O)C(CC(C)C)NC)C(O)c4ccc(c(Cl)c4)Oc4cc3cc(c4O[C@@H]3O[C@H](CO)[C@@H](O)[C@H](O)[C@H]3O[C@H]3C[C@](C)(N)[C@H](O)[C@H](C)O3)Oc3ccc(cc3)C(O[C@@H]3CC(C)(N)[C@H](O)[C@@H](C)O3)C(NC1=O)C(=O)NC2C(=O)O. The number of nitrogens with two attached hydrogens (primary N) is 3. The number of ether oxygens (including phenoxy) is 8. The monoisotopic (exact) mass is 1750 g/mol. The Morgan fingerprint density at radius 2 is 1.24 bits per heavy atom. The summed E-state index contributed by atoms with van der Waals surface area (Å²) in [5.74, 6) is -15.9. The summed E-state index contributed by atoms with van der Waals surface area (Å²) in [5.41, 5.74) is 12.9. The molecule has 3 saturated heterocycles. The van der Waals surface area contributed by atoms with Crippen molar-refractivity contribution >= 4 is 64.6 Å². The second kappa shape index (κ2) is 41.1. The van der Waals surface area contributed by atoms with E-state index >= 15 is 24.0 Å². The van der Waals surface area contributed by atoms with Crippen molar-refractivity contribution in [1.82, 2.24) is 37.2 Å². The van der Waals surface area contributed by atoms with Crippen LogP contribution in [0.5, 0.6) is 46.0 Å². The standard InChI is InChI=1S/C86H116ClN11O26/c1-9-10-11-12-13-14-15-16-17-18-19-29-92-65-52(101)34-47-61(70(65)105)60-46(21-20-22-51(60)100)63-80(112)98-67(82(114)96-64(47)83(115)116)72(122-58-36-85(6,89)75(107)40(4)117-58)42-23-26-45(27-24-42)119-54-32-44-33-55(73(54)124-84-74(71(106)69(104)56(38-99)121-84)123-59-37-86(7,90)76(108)41(5)118-59)120-53-28-25-43(31-48(53)87)68(103)66(97-77(109)49(91-8)30-39(2)3)81(113)93-50(35-57(88)102)78(110)94-62(44)79(111)95-63/h20-28,31-34,39-41,49-50,56,58-59,62-64,66-69,71-72,74-76,84,91-92,99-101,103-108H,9-19,29-30,35-38,89-90H2,1-8H3,(H2,88,102)(H,93,113)(H,94,110)(H,95,111)(H,96,114)(H,97,109)(H,98,112)(H,115,116)/t40-,41+,49?,50?,56-,58-,59+,62?,63?,64?,66?,67?,68?,69-,71+,72?,74-,75-,76-,84+,85?,86+/m1/s1. The molecule has 5 aromatic carbocycles. The number of unbranched alkanes of at least 4 members (excludes halogenated alkanes) is 10. The number of aliphatic hydroxyl groups is 6. The van der Waals surface area contributed by atoms with Crippen LogP contribution in [0, 0.1) is 5.92 Å². The topological polar surface area (TPSA) is 587 Å². The summed E-state index contributed by atoms with van der Waals surface area (Å²) in [4.78, 5) is 122. The van der Waals surface area contributed by atoms with Gasteiger partial charge in [-0.3, -0.25) is 33.6 Å². The number of carbonyl (C=O) groups is 8. The highest BCUT2D eigenvalue weighted by atomic mass is 35.5. The number of primary amides is 1. The lowest BCUT2D eigenvalue weighted by Gasteiger charge is -2.47. The van der Waals surface area contributed by atoms with E-state index in [-0.39, 0.29) is 59.4 Å². The quantitative estimate of drug-likeness (QED) is 0.0243. The fourth-order valence-electron chi connectivity index (χ4n) is 16.5. The summed E-state index contributed by atoms with van der Waals surface area (Å²) in [7, 11) is 1.48. The van der Waals surface area contributed by atoms with E-state index < -0.39 is 262 Å². The first-order chi connectivity index (χ1) is 58.8. The van der Waals surface area contributed by atoms with Crippen molar-refractivity contribution in [2.45, 2.75) is 278 Å². The number of anilines is 1. The van der Waals surface area contributed by atoms with E-state index in [4.69, 9.17) is 66.7 Å². The van der Waals surface area contributed by atoms with Gasteiger partial charge in [-0.1, -0.05) is 127 Å². The van der Waals surface area contributed by atoms with Crippen molar-refractivity contribution < 1.29 is 127 Å². The molecular formula is C86H116ClN11O26. The molecule has 8 aliphatic rings. The first-order valence-corrected chi connectivity index (χ1v) is 42.3. The largest absolute Gasteiger partial charge is 0.507 e. The molecule has 24 N–H and O–H groups in total. The van der Waals surface area contributed by atoms with Gasteiger partial charge in [0.1, 0.15) is 89.4 Å². The fraction of sp³-hybridized carbons (Fsp3) is 0.558. The van der Waals surface area contributed by atoms with Crippen molar-refractivity contribution in [3.63, 3.8) is 0 Å². The number of fused-ring (bicyclic) bond motifs is 14. The van der Waals surface area contributed by atoms with Gasteiger partial charge in [0.15, 0.2) is 42.0 Å². The van der Waals surface area contributed by atoms with Crippen LogP contribution in [-0.4, -0.2) is 222 Å². The zero-order chi connectivity index (χ0) is 90.1. The number of halogens is 1. The van der Waals surface area contributed by atoms with E-state index in [1.807, 2.05) is 13.8 Å². The summed E-state index contributed by atoms with van der Waals surface area (Å²) in [5, 5.41) is 140. The predicted molar refractivity (Wildman–Crippen MR) is 446 cm³/mol. The minimum Gasteiger partial charge on any atom is -0.507 e. The Bertz CT molecular complexity index is 4660. The lowest BCUT2D eigenvalue weighted by Crippen LogP contribution is -2.64.